The van der Waals surface area contributed by atoms with Crippen LogP contribution in [-0.2, 0) is 11.8 Å². The van der Waals surface area contributed by atoms with Gasteiger partial charge in [0.15, 0.2) is 0 Å². The topological polar surface area (TPSA) is 77.6 Å². The first-order valence-corrected chi connectivity index (χ1v) is 8.51. The highest BCUT2D eigenvalue weighted by molar-refractivity contribution is 6.33. The zero-order valence-electron chi connectivity index (χ0n) is 14.5. The fraction of sp³-hybridized carbons (Fsp3) is 0.278. The van der Waals surface area contributed by atoms with Crippen molar-refractivity contribution in [2.24, 2.45) is 7.05 Å². The number of ether oxygens (including phenoxy) is 1. The minimum Gasteiger partial charge on any atom is -0.385 e. The minimum atomic E-state index is -0.328. The van der Waals surface area contributed by atoms with Crippen molar-refractivity contribution in [2.75, 3.05) is 20.3 Å². The summed E-state index contributed by atoms with van der Waals surface area (Å²) in [5.41, 5.74) is 1.44. The summed E-state index contributed by atoms with van der Waals surface area (Å²) < 4.78 is 7.98. The molecule has 136 valence electrons. The maximum Gasteiger partial charge on any atom is 0.294 e. The number of carbonyl (C=O) groups excluding carboxylic acids is 1. The predicted molar refractivity (Wildman–Crippen MR) is 99.7 cm³/mol. The molecule has 3 aromatic rings. The van der Waals surface area contributed by atoms with Gasteiger partial charge in [0.2, 0.25) is 5.65 Å². The van der Waals surface area contributed by atoms with Crippen molar-refractivity contribution in [3.63, 3.8) is 0 Å². The standard InChI is InChI=1S/C18H19ClN4O3/c1-22-15(12-6-3-4-7-13(12)19)11-23-10-14(21-16(23)18(22)25)17(24)20-8-5-9-26-2/h3-4,6-7,10-11H,5,8-9H2,1-2H3,(H,20,24). The number of halogens is 1. The van der Waals surface area contributed by atoms with Crippen LogP contribution in [0.3, 0.4) is 0 Å². The molecule has 0 aliphatic rings. The summed E-state index contributed by atoms with van der Waals surface area (Å²) in [7, 11) is 3.26. The van der Waals surface area contributed by atoms with E-state index in [4.69, 9.17) is 16.3 Å². The Balaban J connectivity index is 1.98. The maximum atomic E-state index is 12.7. The Morgan fingerprint density at radius 2 is 2.08 bits per heavy atom. The van der Waals surface area contributed by atoms with Crippen LogP contribution in [0.2, 0.25) is 5.02 Å². The molecule has 1 N–H and O–H groups in total. The van der Waals surface area contributed by atoms with E-state index >= 15 is 0 Å². The Morgan fingerprint density at radius 1 is 1.31 bits per heavy atom. The van der Waals surface area contributed by atoms with Gasteiger partial charge in [0, 0.05) is 50.3 Å². The van der Waals surface area contributed by atoms with Crippen molar-refractivity contribution in [1.29, 1.82) is 0 Å². The molecule has 2 heterocycles. The summed E-state index contributed by atoms with van der Waals surface area (Å²) in [6.07, 6.45) is 3.99. The lowest BCUT2D eigenvalue weighted by Gasteiger charge is -2.10. The number of hydrogen-bond donors (Lipinski definition) is 1. The Kier molecular flexibility index (Phi) is 5.39. The van der Waals surface area contributed by atoms with E-state index in [1.54, 1.807) is 37.0 Å². The molecule has 8 heteroatoms. The molecule has 0 fully saturated rings. The Hall–Kier alpha value is -2.64. The summed E-state index contributed by atoms with van der Waals surface area (Å²) in [6, 6.07) is 7.27. The van der Waals surface area contributed by atoms with Gasteiger partial charge in [-0.05, 0) is 12.5 Å². The second-order valence-electron chi connectivity index (χ2n) is 5.82. The van der Waals surface area contributed by atoms with Gasteiger partial charge in [-0.15, -0.1) is 0 Å². The Morgan fingerprint density at radius 3 is 2.81 bits per heavy atom. The van der Waals surface area contributed by atoms with Crippen LogP contribution in [0.15, 0.2) is 41.5 Å². The number of carbonyl (C=O) groups is 1. The Bertz CT molecular complexity index is 1010. The first kappa shape index (κ1) is 18.2. The summed E-state index contributed by atoms with van der Waals surface area (Å²) in [5.74, 6) is -0.328. The van der Waals surface area contributed by atoms with Gasteiger partial charge >= 0.3 is 0 Å². The van der Waals surface area contributed by atoms with E-state index in [2.05, 4.69) is 10.3 Å². The number of rotatable bonds is 6. The molecule has 1 aromatic carbocycles. The molecule has 0 unspecified atom stereocenters. The molecule has 3 rings (SSSR count). The molecule has 1 amide bonds. The predicted octanol–water partition coefficient (Wildman–Crippen LogP) is 2.12. The number of imidazole rings is 1. The molecule has 2 aromatic heterocycles. The summed E-state index contributed by atoms with van der Waals surface area (Å²) in [5, 5.41) is 3.30. The van der Waals surface area contributed by atoms with Crippen LogP contribution < -0.4 is 10.9 Å². The molecule has 7 nitrogen and oxygen atoms in total. The van der Waals surface area contributed by atoms with Crippen LogP contribution in [0.4, 0.5) is 0 Å². The van der Waals surface area contributed by atoms with E-state index in [-0.39, 0.29) is 22.8 Å². The van der Waals surface area contributed by atoms with Crippen molar-refractivity contribution in [2.45, 2.75) is 6.42 Å². The van der Waals surface area contributed by atoms with E-state index in [9.17, 15) is 9.59 Å². The molecule has 0 saturated carbocycles. The van der Waals surface area contributed by atoms with Crippen LogP contribution in [-0.4, -0.2) is 40.1 Å². The van der Waals surface area contributed by atoms with Crippen LogP contribution in [0.5, 0.6) is 0 Å². The van der Waals surface area contributed by atoms with Crippen LogP contribution in [0, 0.1) is 0 Å². The minimum absolute atomic E-state index is 0.186. The first-order valence-electron chi connectivity index (χ1n) is 8.13. The van der Waals surface area contributed by atoms with Crippen molar-refractivity contribution >= 4 is 23.2 Å². The van der Waals surface area contributed by atoms with Gasteiger partial charge < -0.3 is 14.6 Å². The van der Waals surface area contributed by atoms with Crippen molar-refractivity contribution in [3.8, 4) is 11.3 Å². The number of nitrogens with one attached hydrogen (secondary N) is 1. The number of amides is 1. The number of methoxy groups -OCH3 is 1. The summed E-state index contributed by atoms with van der Waals surface area (Å²) in [4.78, 5) is 29.1. The van der Waals surface area contributed by atoms with Crippen molar-refractivity contribution in [1.82, 2.24) is 19.3 Å². The molecule has 0 atom stereocenters. The molecule has 26 heavy (non-hydrogen) atoms. The van der Waals surface area contributed by atoms with Crippen molar-refractivity contribution in [3.05, 3.63) is 57.7 Å². The van der Waals surface area contributed by atoms with E-state index in [1.165, 1.54) is 4.57 Å². The molecule has 0 aliphatic carbocycles. The first-order chi connectivity index (χ1) is 12.5. The smallest absolute Gasteiger partial charge is 0.294 e. The molecular weight excluding hydrogens is 356 g/mol. The van der Waals surface area contributed by atoms with Gasteiger partial charge in [0.05, 0.1) is 5.69 Å². The number of fused-ring (bicyclic) bond motifs is 1. The van der Waals surface area contributed by atoms with Gasteiger partial charge in [0.1, 0.15) is 5.69 Å². The average Bonchev–Trinajstić information content (AvgIpc) is 3.07. The highest BCUT2D eigenvalue weighted by Crippen LogP contribution is 2.26. The summed E-state index contributed by atoms with van der Waals surface area (Å²) >= 11 is 6.26. The highest BCUT2D eigenvalue weighted by atomic mass is 35.5. The lowest BCUT2D eigenvalue weighted by atomic mass is 10.1. The maximum absolute atomic E-state index is 12.7. The molecule has 0 aliphatic heterocycles. The lowest BCUT2D eigenvalue weighted by molar-refractivity contribution is 0.0944. The molecular formula is C18H19ClN4O3. The largest absolute Gasteiger partial charge is 0.385 e. The van der Waals surface area contributed by atoms with E-state index < -0.39 is 0 Å². The number of hydrogen-bond acceptors (Lipinski definition) is 4. The zero-order chi connectivity index (χ0) is 18.7. The molecule has 0 radical (unpaired) electrons. The van der Waals surface area contributed by atoms with Crippen LogP contribution >= 0.6 is 11.6 Å². The fourth-order valence-electron chi connectivity index (χ4n) is 2.67. The van der Waals surface area contributed by atoms with Gasteiger partial charge in [-0.3, -0.25) is 14.0 Å². The second kappa shape index (κ2) is 7.72. The molecule has 0 saturated heterocycles. The number of nitrogens with zero attached hydrogens (tertiary/aromatic N) is 3. The van der Waals surface area contributed by atoms with Crippen molar-refractivity contribution < 1.29 is 9.53 Å². The van der Waals surface area contributed by atoms with E-state index in [0.29, 0.717) is 30.3 Å². The van der Waals surface area contributed by atoms with Crippen LogP contribution in [0.25, 0.3) is 16.9 Å². The SMILES string of the molecule is COCCCNC(=O)c1cn2cc(-c3ccccc3Cl)n(C)c(=O)c2n1. The second-order valence-corrected chi connectivity index (χ2v) is 6.22. The highest BCUT2D eigenvalue weighted by Gasteiger charge is 2.16. The quantitative estimate of drug-likeness (QED) is 0.670. The monoisotopic (exact) mass is 374 g/mol. The van der Waals surface area contributed by atoms with E-state index in [1.807, 2.05) is 18.2 Å². The van der Waals surface area contributed by atoms with Gasteiger partial charge in [-0.2, -0.15) is 0 Å². The van der Waals surface area contributed by atoms with Crippen LogP contribution in [0.1, 0.15) is 16.9 Å². The third kappa shape index (κ3) is 3.49. The third-order valence-corrected chi connectivity index (χ3v) is 4.37. The van der Waals surface area contributed by atoms with Gasteiger partial charge in [-0.25, -0.2) is 4.98 Å². The lowest BCUT2D eigenvalue weighted by Crippen LogP contribution is -2.25. The molecule has 0 bridgehead atoms. The average molecular weight is 375 g/mol. The fourth-order valence-corrected chi connectivity index (χ4v) is 2.90. The number of aromatic nitrogens is 3. The molecule has 0 spiro atoms. The van der Waals surface area contributed by atoms with Gasteiger partial charge in [0.25, 0.3) is 11.5 Å². The Labute approximate surface area is 155 Å². The summed E-state index contributed by atoms with van der Waals surface area (Å²) in [6.45, 7) is 1.04. The number of benzene rings is 1. The third-order valence-electron chi connectivity index (χ3n) is 4.04. The zero-order valence-corrected chi connectivity index (χ0v) is 15.3. The van der Waals surface area contributed by atoms with Gasteiger partial charge in [-0.1, -0.05) is 29.8 Å². The normalized spacial score (nSPS) is 11.0. The van der Waals surface area contributed by atoms with E-state index in [0.717, 1.165) is 5.56 Å².